The Hall–Kier alpha value is -2.19. The van der Waals surface area contributed by atoms with E-state index < -0.39 is 30.3 Å². The van der Waals surface area contributed by atoms with Crippen LogP contribution in [0.5, 0.6) is 0 Å². The van der Waals surface area contributed by atoms with Gasteiger partial charge in [0.05, 0.1) is 23.6 Å². The quantitative estimate of drug-likeness (QED) is 0.523. The number of aromatic nitrogens is 3. The molecule has 8 heteroatoms. The summed E-state index contributed by atoms with van der Waals surface area (Å²) in [5.74, 6) is 0.228. The maximum absolute atomic E-state index is 10.8. The first kappa shape index (κ1) is 19.1. The molecule has 0 aliphatic heterocycles. The molecule has 2 aromatic heterocycles. The number of fused-ring (bicyclic) bond motifs is 1. The Morgan fingerprint density at radius 3 is 2.64 bits per heavy atom. The highest BCUT2D eigenvalue weighted by molar-refractivity contribution is 6.30. The molecule has 0 radical (unpaired) electrons. The van der Waals surface area contributed by atoms with Gasteiger partial charge in [0.1, 0.15) is 23.9 Å². The number of hydrogen-bond donors (Lipinski definition) is 4. The molecule has 0 spiro atoms. The maximum Gasteiger partial charge on any atom is 0.145 e. The van der Waals surface area contributed by atoms with E-state index in [0.29, 0.717) is 22.7 Å². The number of benzene rings is 1. The molecule has 2 heterocycles. The summed E-state index contributed by atoms with van der Waals surface area (Å²) in [7, 11) is 0. The first-order valence-corrected chi connectivity index (χ1v) is 9.74. The minimum atomic E-state index is -1.05. The summed E-state index contributed by atoms with van der Waals surface area (Å²) in [4.78, 5) is 8.63. The Morgan fingerprint density at radius 2 is 1.93 bits per heavy atom. The average molecular weight is 403 g/mol. The second-order valence-corrected chi connectivity index (χ2v) is 7.59. The van der Waals surface area contributed by atoms with E-state index in [9.17, 15) is 15.3 Å². The number of halogens is 1. The van der Waals surface area contributed by atoms with Crippen molar-refractivity contribution in [2.75, 3.05) is 11.9 Å². The van der Waals surface area contributed by atoms with Gasteiger partial charge in [-0.25, -0.2) is 9.97 Å². The van der Waals surface area contributed by atoms with Gasteiger partial charge in [0.25, 0.3) is 0 Å². The first-order chi connectivity index (χ1) is 13.5. The summed E-state index contributed by atoms with van der Waals surface area (Å²) in [5.41, 5.74) is 1.35. The molecule has 0 amide bonds. The van der Waals surface area contributed by atoms with Crippen molar-refractivity contribution in [2.24, 2.45) is 5.92 Å². The zero-order valence-corrected chi connectivity index (χ0v) is 16.2. The van der Waals surface area contributed by atoms with Crippen molar-refractivity contribution in [1.82, 2.24) is 14.5 Å². The fourth-order valence-electron chi connectivity index (χ4n) is 4.09. The lowest BCUT2D eigenvalue weighted by Gasteiger charge is -2.22. The highest BCUT2D eigenvalue weighted by atomic mass is 35.5. The van der Waals surface area contributed by atoms with E-state index in [1.807, 2.05) is 23.8 Å². The second kappa shape index (κ2) is 7.67. The molecular weight excluding hydrogens is 380 g/mol. The molecule has 5 atom stereocenters. The smallest absolute Gasteiger partial charge is 0.145 e. The molecule has 1 saturated carbocycles. The number of aliphatic hydroxyl groups excluding tert-OH is 3. The molecule has 28 heavy (non-hydrogen) atoms. The van der Waals surface area contributed by atoms with Crippen molar-refractivity contribution in [2.45, 2.75) is 37.7 Å². The first-order valence-electron chi connectivity index (χ1n) is 9.36. The van der Waals surface area contributed by atoms with Gasteiger partial charge in [0, 0.05) is 23.7 Å². The lowest BCUT2D eigenvalue weighted by atomic mass is 9.92. The van der Waals surface area contributed by atoms with E-state index in [1.54, 1.807) is 24.3 Å². The van der Waals surface area contributed by atoms with Gasteiger partial charge in [-0.1, -0.05) is 23.7 Å². The molecule has 4 N–H and O–H groups in total. The lowest BCUT2D eigenvalue weighted by molar-refractivity contribution is -0.0264. The van der Waals surface area contributed by atoms with Crippen molar-refractivity contribution < 1.29 is 15.3 Å². The Bertz CT molecular complexity index is 962. The fraction of sp³-hybridized carbons (Fsp3) is 0.400. The number of nitrogens with one attached hydrogen (secondary N) is 1. The molecule has 1 fully saturated rings. The molecule has 1 aliphatic rings. The summed E-state index contributed by atoms with van der Waals surface area (Å²) in [6.45, 7) is 2.72. The van der Waals surface area contributed by atoms with E-state index in [0.717, 1.165) is 17.7 Å². The van der Waals surface area contributed by atoms with Gasteiger partial charge in [0.15, 0.2) is 0 Å². The third-order valence-corrected chi connectivity index (χ3v) is 5.78. The van der Waals surface area contributed by atoms with Crippen LogP contribution in [0.15, 0.2) is 42.9 Å². The van der Waals surface area contributed by atoms with Crippen molar-refractivity contribution >= 4 is 28.5 Å². The topological polar surface area (TPSA) is 103 Å². The number of hydrogen-bond acceptors (Lipinski definition) is 6. The van der Waals surface area contributed by atoms with Crippen LogP contribution in [-0.4, -0.2) is 48.6 Å². The summed E-state index contributed by atoms with van der Waals surface area (Å²) in [5, 5.41) is 36.8. The minimum absolute atomic E-state index is 0.399. The molecule has 7 nitrogen and oxygen atoms in total. The summed E-state index contributed by atoms with van der Waals surface area (Å²) in [6, 6.07) is 8.38. The molecule has 0 unspecified atom stereocenters. The van der Waals surface area contributed by atoms with Crippen LogP contribution in [0.3, 0.4) is 0 Å². The summed E-state index contributed by atoms with van der Waals surface area (Å²) >= 11 is 5.92. The predicted octanol–water partition coefficient (Wildman–Crippen LogP) is 2.53. The number of anilines is 1. The normalized spacial score (nSPS) is 25.9. The maximum atomic E-state index is 10.8. The average Bonchev–Trinajstić information content (AvgIpc) is 3.25. The molecule has 1 aromatic carbocycles. The second-order valence-electron chi connectivity index (χ2n) is 7.16. The van der Waals surface area contributed by atoms with E-state index in [4.69, 9.17) is 11.6 Å². The van der Waals surface area contributed by atoms with Crippen LogP contribution in [0.25, 0.3) is 11.0 Å². The zero-order valence-electron chi connectivity index (χ0n) is 15.4. The van der Waals surface area contributed by atoms with Gasteiger partial charge in [-0.05, 0) is 37.1 Å². The van der Waals surface area contributed by atoms with E-state index in [1.165, 1.54) is 6.33 Å². The molecule has 4 rings (SSSR count). The van der Waals surface area contributed by atoms with Gasteiger partial charge in [0.2, 0.25) is 0 Å². The monoisotopic (exact) mass is 402 g/mol. The van der Waals surface area contributed by atoms with Gasteiger partial charge in [-0.2, -0.15) is 0 Å². The van der Waals surface area contributed by atoms with Crippen LogP contribution < -0.4 is 5.32 Å². The zero-order chi connectivity index (χ0) is 19.8. The van der Waals surface area contributed by atoms with Crippen LogP contribution in [0.2, 0.25) is 5.02 Å². The standard InChI is InChI=1S/C20H23ClN4O3/c1-2-22-19-13-7-8-25(20(13)24-10-23-19)15-9-14(17(27)18(15)28)16(26)11-3-5-12(21)6-4-11/h3-8,10,14-18,26-28H,2,9H2,1H3,(H,22,23,24)/t14-,15-,16-,17-,18+/m1/s1. The molecule has 3 aromatic rings. The van der Waals surface area contributed by atoms with Gasteiger partial charge >= 0.3 is 0 Å². The molecule has 148 valence electrons. The third kappa shape index (κ3) is 3.24. The van der Waals surface area contributed by atoms with E-state index in [-0.39, 0.29) is 0 Å². The summed E-state index contributed by atoms with van der Waals surface area (Å²) in [6.07, 6.45) is 0.770. The third-order valence-electron chi connectivity index (χ3n) is 5.52. The molecule has 0 bridgehead atoms. The van der Waals surface area contributed by atoms with Crippen molar-refractivity contribution in [3.63, 3.8) is 0 Å². The van der Waals surface area contributed by atoms with Crippen LogP contribution in [0.4, 0.5) is 5.82 Å². The molecule has 1 aliphatic carbocycles. The van der Waals surface area contributed by atoms with Crippen molar-refractivity contribution in [3.8, 4) is 0 Å². The van der Waals surface area contributed by atoms with Gasteiger partial charge < -0.3 is 25.2 Å². The molecule has 0 saturated heterocycles. The Balaban J connectivity index is 1.64. The highest BCUT2D eigenvalue weighted by Gasteiger charge is 2.46. The molecular formula is C20H23ClN4O3. The largest absolute Gasteiger partial charge is 0.390 e. The Labute approximate surface area is 167 Å². The van der Waals surface area contributed by atoms with Crippen LogP contribution >= 0.6 is 11.6 Å². The Morgan fingerprint density at radius 1 is 1.18 bits per heavy atom. The van der Waals surface area contributed by atoms with Crippen molar-refractivity contribution in [3.05, 3.63) is 53.4 Å². The number of nitrogens with zero attached hydrogens (tertiary/aromatic N) is 3. The van der Waals surface area contributed by atoms with Gasteiger partial charge in [-0.3, -0.25) is 0 Å². The van der Waals surface area contributed by atoms with Crippen LogP contribution in [0, 0.1) is 5.92 Å². The van der Waals surface area contributed by atoms with Gasteiger partial charge in [-0.15, -0.1) is 0 Å². The van der Waals surface area contributed by atoms with Crippen LogP contribution in [0.1, 0.15) is 31.1 Å². The SMILES string of the molecule is CCNc1ncnc2c1ccn2[C@@H]1C[C@H]([C@H](O)c2ccc(Cl)cc2)[C@@H](O)[C@H]1O. The predicted molar refractivity (Wildman–Crippen MR) is 107 cm³/mol. The van der Waals surface area contributed by atoms with E-state index >= 15 is 0 Å². The minimum Gasteiger partial charge on any atom is -0.390 e. The highest BCUT2D eigenvalue weighted by Crippen LogP contribution is 2.43. The van der Waals surface area contributed by atoms with E-state index in [2.05, 4.69) is 15.3 Å². The number of aliphatic hydroxyl groups is 3. The number of rotatable bonds is 5. The fourth-order valence-corrected chi connectivity index (χ4v) is 4.21. The lowest BCUT2D eigenvalue weighted by Crippen LogP contribution is -2.31. The van der Waals surface area contributed by atoms with Crippen molar-refractivity contribution in [1.29, 1.82) is 0 Å². The van der Waals surface area contributed by atoms with Crippen LogP contribution in [-0.2, 0) is 0 Å². The summed E-state index contributed by atoms with van der Waals surface area (Å²) < 4.78 is 1.86. The Kier molecular flexibility index (Phi) is 5.25.